The molecule has 1 aromatic rings. The molecule has 0 spiro atoms. The Hall–Kier alpha value is -1.43. The van der Waals surface area contributed by atoms with Gasteiger partial charge in [0, 0.05) is 12.6 Å². The first-order chi connectivity index (χ1) is 13.8. The smallest absolute Gasteiger partial charge is 0.163 e. The highest BCUT2D eigenvalue weighted by Gasteiger charge is 2.52. The molecule has 1 heterocycles. The van der Waals surface area contributed by atoms with Gasteiger partial charge < -0.3 is 15.3 Å². The number of fused-ring (bicyclic) bond motifs is 1. The number of piperidine rings is 1. The average molecular weight is 402 g/mol. The van der Waals surface area contributed by atoms with Gasteiger partial charge in [0.1, 0.15) is 5.75 Å². The van der Waals surface area contributed by atoms with Crippen LogP contribution in [0.1, 0.15) is 73.4 Å². The lowest BCUT2D eigenvalue weighted by Gasteiger charge is -2.55. The summed E-state index contributed by atoms with van der Waals surface area (Å²) in [6.45, 7) is 5.31. The Morgan fingerprint density at radius 2 is 2.00 bits per heavy atom. The van der Waals surface area contributed by atoms with Gasteiger partial charge in [-0.3, -0.25) is 9.69 Å². The van der Waals surface area contributed by atoms with E-state index in [1.165, 1.54) is 26.2 Å². The largest absolute Gasteiger partial charge is 0.507 e. The van der Waals surface area contributed by atoms with E-state index in [0.29, 0.717) is 31.2 Å². The van der Waals surface area contributed by atoms with E-state index in [-0.39, 0.29) is 29.6 Å². The van der Waals surface area contributed by atoms with Gasteiger partial charge in [0.2, 0.25) is 0 Å². The number of phenolic OH excluding ortho intramolecular Hbond substituents is 1. The minimum Gasteiger partial charge on any atom is -0.507 e. The number of carbonyl (C=O) groups is 1. The number of nitrogens with zero attached hydrogens (tertiary/aromatic N) is 1. The number of ketones is 1. The Labute approximate surface area is 173 Å². The Kier molecular flexibility index (Phi) is 5.75. The van der Waals surface area contributed by atoms with Crippen molar-refractivity contribution in [2.75, 3.05) is 13.1 Å². The van der Waals surface area contributed by atoms with Crippen molar-refractivity contribution < 1.29 is 20.1 Å². The summed E-state index contributed by atoms with van der Waals surface area (Å²) in [7, 11) is 0. The Balaban J connectivity index is 1.64. The highest BCUT2D eigenvalue weighted by Crippen LogP contribution is 2.45. The molecule has 3 N–H and O–H groups in total. The van der Waals surface area contributed by atoms with Crippen molar-refractivity contribution in [2.24, 2.45) is 11.8 Å². The number of hydrogen-bond donors (Lipinski definition) is 3. The zero-order valence-electron chi connectivity index (χ0n) is 17.7. The van der Waals surface area contributed by atoms with Crippen molar-refractivity contribution >= 4 is 5.78 Å². The maximum atomic E-state index is 11.8. The van der Waals surface area contributed by atoms with Gasteiger partial charge in [-0.1, -0.05) is 12.5 Å². The molecule has 0 amide bonds. The summed E-state index contributed by atoms with van der Waals surface area (Å²) >= 11 is 0. The standard InChI is InChI=1S/C24H35NO4/c1-15-18(6-7-21(16(2)26)23(15)28)12-22-24(29)10-8-20(27)13-19(24)9-11-25(22)14-17-4-3-5-17/h6-7,17,19-20,22,27-29H,3-5,8-14H2,1-2H3/t19-,20-,22-,24+/m1/s1. The summed E-state index contributed by atoms with van der Waals surface area (Å²) in [6, 6.07) is 3.64. The number of likely N-dealkylation sites (tertiary alicyclic amines) is 1. The molecule has 0 aromatic heterocycles. The van der Waals surface area contributed by atoms with Gasteiger partial charge in [-0.25, -0.2) is 0 Å². The molecule has 3 fully saturated rings. The van der Waals surface area contributed by atoms with Crippen LogP contribution in [0.25, 0.3) is 0 Å². The molecular weight excluding hydrogens is 366 g/mol. The molecule has 1 saturated heterocycles. The van der Waals surface area contributed by atoms with Crippen LogP contribution in [0.5, 0.6) is 5.75 Å². The average Bonchev–Trinajstić information content (AvgIpc) is 2.64. The number of Topliss-reactive ketones (excluding diaryl/α,β-unsaturated/α-hetero) is 1. The number of aromatic hydroxyl groups is 1. The fraction of sp³-hybridized carbons (Fsp3) is 0.708. The Bertz CT molecular complexity index is 774. The molecule has 3 aliphatic rings. The van der Waals surface area contributed by atoms with Crippen molar-refractivity contribution in [1.29, 1.82) is 0 Å². The molecule has 29 heavy (non-hydrogen) atoms. The van der Waals surface area contributed by atoms with E-state index in [1.54, 1.807) is 6.07 Å². The lowest BCUT2D eigenvalue weighted by molar-refractivity contribution is -0.160. The summed E-state index contributed by atoms with van der Waals surface area (Å²) in [4.78, 5) is 14.2. The second-order valence-electron chi connectivity index (χ2n) is 9.72. The van der Waals surface area contributed by atoms with Crippen molar-refractivity contribution in [2.45, 2.75) is 83.0 Å². The van der Waals surface area contributed by atoms with Crippen molar-refractivity contribution in [1.82, 2.24) is 4.90 Å². The second-order valence-corrected chi connectivity index (χ2v) is 9.72. The lowest BCUT2D eigenvalue weighted by atomic mass is 9.64. The molecule has 0 bridgehead atoms. The van der Waals surface area contributed by atoms with Crippen LogP contribution in [0.2, 0.25) is 0 Å². The van der Waals surface area contributed by atoms with Crippen LogP contribution in [0, 0.1) is 18.8 Å². The molecule has 4 rings (SSSR count). The number of rotatable bonds is 5. The lowest BCUT2D eigenvalue weighted by Crippen LogP contribution is -2.65. The maximum Gasteiger partial charge on any atom is 0.163 e. The van der Waals surface area contributed by atoms with E-state index in [1.807, 2.05) is 13.0 Å². The van der Waals surface area contributed by atoms with Crippen LogP contribution in [0.3, 0.4) is 0 Å². The Morgan fingerprint density at radius 3 is 2.66 bits per heavy atom. The zero-order chi connectivity index (χ0) is 20.8. The molecule has 5 heteroatoms. The van der Waals surface area contributed by atoms with Gasteiger partial charge in [0.05, 0.1) is 17.3 Å². The first-order valence-corrected chi connectivity index (χ1v) is 11.3. The normalized spacial score (nSPS) is 33.2. The fourth-order valence-electron chi connectivity index (χ4n) is 5.84. The third-order valence-corrected chi connectivity index (χ3v) is 7.98. The predicted octanol–water partition coefficient (Wildman–Crippen LogP) is 3.21. The quantitative estimate of drug-likeness (QED) is 0.660. The SMILES string of the molecule is CC(=O)c1ccc(C[C@H]2N(CC3CCC3)CC[C@@H]3C[C@H](O)CC[C@]32O)c(C)c1O. The van der Waals surface area contributed by atoms with E-state index < -0.39 is 5.60 Å². The summed E-state index contributed by atoms with van der Waals surface area (Å²) in [5.74, 6) is 0.779. The fourth-order valence-corrected chi connectivity index (χ4v) is 5.84. The molecule has 1 aromatic carbocycles. The van der Waals surface area contributed by atoms with Gasteiger partial charge in [-0.05, 0) is 94.4 Å². The second kappa shape index (κ2) is 8.01. The van der Waals surface area contributed by atoms with E-state index >= 15 is 0 Å². The minimum absolute atomic E-state index is 0.0179. The first-order valence-electron chi connectivity index (χ1n) is 11.3. The summed E-state index contributed by atoms with van der Waals surface area (Å²) in [6.07, 6.45) is 7.10. The predicted molar refractivity (Wildman–Crippen MR) is 112 cm³/mol. The van der Waals surface area contributed by atoms with E-state index in [9.17, 15) is 20.1 Å². The number of aliphatic hydroxyl groups is 2. The molecule has 0 unspecified atom stereocenters. The van der Waals surface area contributed by atoms with E-state index in [0.717, 1.165) is 36.6 Å². The van der Waals surface area contributed by atoms with Gasteiger partial charge >= 0.3 is 0 Å². The number of benzene rings is 1. The highest BCUT2D eigenvalue weighted by molar-refractivity contribution is 5.97. The van der Waals surface area contributed by atoms with Gasteiger partial charge in [0.25, 0.3) is 0 Å². The third-order valence-electron chi connectivity index (χ3n) is 7.98. The molecular formula is C24H35NO4. The van der Waals surface area contributed by atoms with Crippen LogP contribution < -0.4 is 0 Å². The summed E-state index contributed by atoms with van der Waals surface area (Å²) in [5.41, 5.74) is 1.29. The van der Waals surface area contributed by atoms with Gasteiger partial charge in [0.15, 0.2) is 5.78 Å². The summed E-state index contributed by atoms with van der Waals surface area (Å²) in [5, 5.41) is 32.5. The maximum absolute atomic E-state index is 11.8. The van der Waals surface area contributed by atoms with E-state index in [2.05, 4.69) is 4.90 Å². The Morgan fingerprint density at radius 1 is 1.24 bits per heavy atom. The number of carbonyl (C=O) groups excluding carboxylic acids is 1. The monoisotopic (exact) mass is 401 g/mol. The van der Waals surface area contributed by atoms with Crippen LogP contribution in [0.15, 0.2) is 12.1 Å². The van der Waals surface area contributed by atoms with Crippen LogP contribution in [-0.2, 0) is 6.42 Å². The van der Waals surface area contributed by atoms with Crippen LogP contribution in [-0.4, -0.2) is 56.8 Å². The highest BCUT2D eigenvalue weighted by atomic mass is 16.3. The molecule has 4 atom stereocenters. The molecule has 160 valence electrons. The number of phenols is 1. The van der Waals surface area contributed by atoms with Gasteiger partial charge in [-0.2, -0.15) is 0 Å². The first kappa shape index (κ1) is 20.8. The molecule has 2 aliphatic carbocycles. The zero-order valence-corrected chi connectivity index (χ0v) is 17.7. The van der Waals surface area contributed by atoms with Crippen molar-refractivity contribution in [3.8, 4) is 5.75 Å². The van der Waals surface area contributed by atoms with Gasteiger partial charge in [-0.15, -0.1) is 0 Å². The summed E-state index contributed by atoms with van der Waals surface area (Å²) < 4.78 is 0. The number of aliphatic hydroxyl groups excluding tert-OH is 1. The van der Waals surface area contributed by atoms with Crippen molar-refractivity contribution in [3.05, 3.63) is 28.8 Å². The molecule has 1 aliphatic heterocycles. The van der Waals surface area contributed by atoms with Crippen LogP contribution >= 0.6 is 0 Å². The molecule has 5 nitrogen and oxygen atoms in total. The molecule has 2 saturated carbocycles. The minimum atomic E-state index is -0.803. The van der Waals surface area contributed by atoms with E-state index in [4.69, 9.17) is 0 Å². The molecule has 0 radical (unpaired) electrons. The number of hydrogen-bond acceptors (Lipinski definition) is 5. The van der Waals surface area contributed by atoms with Crippen molar-refractivity contribution in [3.63, 3.8) is 0 Å². The van der Waals surface area contributed by atoms with Crippen LogP contribution in [0.4, 0.5) is 0 Å². The third kappa shape index (κ3) is 3.85. The topological polar surface area (TPSA) is 81.0 Å².